The molecule has 2 heterocycles. The third-order valence-electron chi connectivity index (χ3n) is 3.80. The molecule has 0 fully saturated rings. The molecular formula is C19H22N6O. The summed E-state index contributed by atoms with van der Waals surface area (Å²) in [6.07, 6.45) is 5.11. The van der Waals surface area contributed by atoms with Gasteiger partial charge in [0.15, 0.2) is 5.82 Å². The summed E-state index contributed by atoms with van der Waals surface area (Å²) in [5, 5.41) is 9.92. The first-order valence-corrected chi connectivity index (χ1v) is 8.35. The highest BCUT2D eigenvalue weighted by atomic mass is 16.2. The molecule has 0 radical (unpaired) electrons. The second kappa shape index (κ2) is 8.26. The third-order valence-corrected chi connectivity index (χ3v) is 3.80. The van der Waals surface area contributed by atoms with Crippen LogP contribution in [0.15, 0.2) is 61.1 Å². The summed E-state index contributed by atoms with van der Waals surface area (Å²) >= 11 is 0. The molecule has 3 rings (SSSR count). The van der Waals surface area contributed by atoms with Crippen LogP contribution in [0.4, 0.5) is 10.5 Å². The van der Waals surface area contributed by atoms with Gasteiger partial charge in [0.2, 0.25) is 0 Å². The summed E-state index contributed by atoms with van der Waals surface area (Å²) in [7, 11) is 4.05. The van der Waals surface area contributed by atoms with Crippen LogP contribution >= 0.6 is 0 Å². The van der Waals surface area contributed by atoms with E-state index in [1.165, 1.54) is 5.56 Å². The molecule has 0 spiro atoms. The molecule has 0 unspecified atom stereocenters. The van der Waals surface area contributed by atoms with Crippen molar-refractivity contribution in [3.05, 3.63) is 72.2 Å². The zero-order valence-corrected chi connectivity index (χ0v) is 14.9. The van der Waals surface area contributed by atoms with Crippen LogP contribution in [0.2, 0.25) is 0 Å². The van der Waals surface area contributed by atoms with Crippen LogP contribution in [0, 0.1) is 0 Å². The fourth-order valence-electron chi connectivity index (χ4n) is 2.64. The number of nitrogens with one attached hydrogen (secondary N) is 2. The number of pyridine rings is 1. The maximum Gasteiger partial charge on any atom is 0.319 e. The van der Waals surface area contributed by atoms with E-state index in [0.717, 1.165) is 12.1 Å². The van der Waals surface area contributed by atoms with Crippen LogP contribution < -0.4 is 10.6 Å². The third kappa shape index (κ3) is 4.46. The van der Waals surface area contributed by atoms with Gasteiger partial charge < -0.3 is 15.5 Å². The lowest BCUT2D eigenvalue weighted by atomic mass is 10.1. The van der Waals surface area contributed by atoms with Crippen molar-refractivity contribution in [2.45, 2.75) is 13.1 Å². The van der Waals surface area contributed by atoms with Gasteiger partial charge in [-0.15, -0.1) is 0 Å². The number of rotatable bonds is 6. The minimum absolute atomic E-state index is 0.286. The quantitative estimate of drug-likeness (QED) is 0.717. The SMILES string of the molecule is CN(C)Cc1ccccc1CNC(=O)Nc1cccnc1-n1cccn1. The summed E-state index contributed by atoms with van der Waals surface area (Å²) in [6.45, 7) is 1.28. The molecule has 3 aromatic rings. The topological polar surface area (TPSA) is 75.1 Å². The Hall–Kier alpha value is -3.19. The lowest BCUT2D eigenvalue weighted by Gasteiger charge is -2.15. The number of urea groups is 1. The molecule has 7 heteroatoms. The Kier molecular flexibility index (Phi) is 5.60. The van der Waals surface area contributed by atoms with Crippen LogP contribution in [0.25, 0.3) is 5.82 Å². The highest BCUT2D eigenvalue weighted by Crippen LogP contribution is 2.16. The number of nitrogens with zero attached hydrogens (tertiary/aromatic N) is 4. The Morgan fingerprint density at radius 1 is 1.08 bits per heavy atom. The lowest BCUT2D eigenvalue weighted by Crippen LogP contribution is -2.29. The van der Waals surface area contributed by atoms with Gasteiger partial charge in [-0.25, -0.2) is 14.5 Å². The van der Waals surface area contributed by atoms with Gasteiger partial charge >= 0.3 is 6.03 Å². The summed E-state index contributed by atoms with van der Waals surface area (Å²) in [5.41, 5.74) is 2.88. The zero-order chi connectivity index (χ0) is 18.4. The van der Waals surface area contributed by atoms with Gasteiger partial charge in [-0.2, -0.15) is 5.10 Å². The van der Waals surface area contributed by atoms with Crippen LogP contribution in [-0.4, -0.2) is 39.8 Å². The largest absolute Gasteiger partial charge is 0.334 e. The highest BCUT2D eigenvalue weighted by Gasteiger charge is 2.10. The van der Waals surface area contributed by atoms with E-state index in [2.05, 4.69) is 31.7 Å². The monoisotopic (exact) mass is 350 g/mol. The number of hydrogen-bond acceptors (Lipinski definition) is 4. The smallest absolute Gasteiger partial charge is 0.319 e. The van der Waals surface area contributed by atoms with Crippen molar-refractivity contribution in [2.75, 3.05) is 19.4 Å². The van der Waals surface area contributed by atoms with Gasteiger partial charge in [0, 0.05) is 31.7 Å². The molecule has 0 saturated heterocycles. The van der Waals surface area contributed by atoms with E-state index in [4.69, 9.17) is 0 Å². The first kappa shape index (κ1) is 17.6. The highest BCUT2D eigenvalue weighted by molar-refractivity contribution is 5.90. The molecule has 0 aliphatic rings. The molecular weight excluding hydrogens is 328 g/mol. The second-order valence-electron chi connectivity index (χ2n) is 6.14. The molecule has 0 atom stereocenters. The van der Waals surface area contributed by atoms with Crippen molar-refractivity contribution < 1.29 is 4.79 Å². The molecule has 2 amide bonds. The normalized spacial score (nSPS) is 10.7. The van der Waals surface area contributed by atoms with Gasteiger partial charge in [0.1, 0.15) is 0 Å². The molecule has 0 saturated carbocycles. The molecule has 2 N–H and O–H groups in total. The number of benzene rings is 1. The number of carbonyl (C=O) groups excluding carboxylic acids is 1. The van der Waals surface area contributed by atoms with E-state index in [0.29, 0.717) is 18.1 Å². The molecule has 26 heavy (non-hydrogen) atoms. The number of hydrogen-bond donors (Lipinski definition) is 2. The average Bonchev–Trinajstić information content (AvgIpc) is 3.15. The van der Waals surface area contributed by atoms with Crippen molar-refractivity contribution in [1.29, 1.82) is 0 Å². The van der Waals surface area contributed by atoms with E-state index < -0.39 is 0 Å². The fraction of sp³-hybridized carbons (Fsp3) is 0.211. The minimum atomic E-state index is -0.286. The van der Waals surface area contributed by atoms with Crippen LogP contribution in [-0.2, 0) is 13.1 Å². The summed E-state index contributed by atoms with van der Waals surface area (Å²) in [5.74, 6) is 0.570. The predicted molar refractivity (Wildman–Crippen MR) is 101 cm³/mol. The molecule has 2 aromatic heterocycles. The number of aromatic nitrogens is 3. The first-order chi connectivity index (χ1) is 12.6. The van der Waals surface area contributed by atoms with Crippen LogP contribution in [0.3, 0.4) is 0 Å². The Bertz CT molecular complexity index is 860. The number of amides is 2. The van der Waals surface area contributed by atoms with Gasteiger partial charge in [0.05, 0.1) is 5.69 Å². The van der Waals surface area contributed by atoms with E-state index in [1.54, 1.807) is 41.5 Å². The van der Waals surface area contributed by atoms with Crippen LogP contribution in [0.1, 0.15) is 11.1 Å². The lowest BCUT2D eigenvalue weighted by molar-refractivity contribution is 0.251. The Morgan fingerprint density at radius 3 is 2.62 bits per heavy atom. The van der Waals surface area contributed by atoms with E-state index in [1.807, 2.05) is 32.3 Å². The summed E-state index contributed by atoms with van der Waals surface area (Å²) in [4.78, 5) is 18.7. The Balaban J connectivity index is 1.66. The Morgan fingerprint density at radius 2 is 1.88 bits per heavy atom. The maximum atomic E-state index is 12.4. The molecule has 134 valence electrons. The Labute approximate surface area is 152 Å². The summed E-state index contributed by atoms with van der Waals surface area (Å²) in [6, 6.07) is 13.2. The second-order valence-corrected chi connectivity index (χ2v) is 6.14. The van der Waals surface area contributed by atoms with Crippen molar-refractivity contribution in [3.8, 4) is 5.82 Å². The molecule has 0 aliphatic carbocycles. The van der Waals surface area contributed by atoms with Crippen molar-refractivity contribution in [1.82, 2.24) is 25.0 Å². The van der Waals surface area contributed by atoms with Gasteiger partial charge in [-0.05, 0) is 43.4 Å². The average molecular weight is 350 g/mol. The van der Waals surface area contributed by atoms with Crippen molar-refractivity contribution >= 4 is 11.7 Å². The maximum absolute atomic E-state index is 12.4. The number of anilines is 1. The fourth-order valence-corrected chi connectivity index (χ4v) is 2.64. The van der Waals surface area contributed by atoms with Crippen molar-refractivity contribution in [3.63, 3.8) is 0 Å². The van der Waals surface area contributed by atoms with Gasteiger partial charge in [-0.3, -0.25) is 0 Å². The van der Waals surface area contributed by atoms with Crippen molar-refractivity contribution in [2.24, 2.45) is 0 Å². The van der Waals surface area contributed by atoms with E-state index in [9.17, 15) is 4.79 Å². The predicted octanol–water partition coefficient (Wildman–Crippen LogP) is 2.65. The molecule has 1 aromatic carbocycles. The van der Waals surface area contributed by atoms with Gasteiger partial charge in [0.25, 0.3) is 0 Å². The minimum Gasteiger partial charge on any atom is -0.334 e. The molecule has 7 nitrogen and oxygen atoms in total. The zero-order valence-electron chi connectivity index (χ0n) is 14.9. The van der Waals surface area contributed by atoms with Crippen LogP contribution in [0.5, 0.6) is 0 Å². The van der Waals surface area contributed by atoms with E-state index >= 15 is 0 Å². The number of carbonyl (C=O) groups is 1. The standard InChI is InChI=1S/C19H22N6O/c1-24(2)14-16-8-4-3-7-15(16)13-21-19(26)23-17-9-5-10-20-18(17)25-12-6-11-22-25/h3-12H,13-14H2,1-2H3,(H2,21,23,26). The molecule has 0 aliphatic heterocycles. The summed E-state index contributed by atoms with van der Waals surface area (Å²) < 4.78 is 1.61. The first-order valence-electron chi connectivity index (χ1n) is 8.35. The molecule has 0 bridgehead atoms. The van der Waals surface area contributed by atoms with E-state index in [-0.39, 0.29) is 6.03 Å². The van der Waals surface area contributed by atoms with Gasteiger partial charge in [-0.1, -0.05) is 24.3 Å².